The van der Waals surface area contributed by atoms with Gasteiger partial charge in [-0.05, 0) is 38.1 Å². The Bertz CT molecular complexity index is 909. The zero-order valence-electron chi connectivity index (χ0n) is 15.5. The zero-order chi connectivity index (χ0) is 19.5. The Kier molecular flexibility index (Phi) is 5.38. The number of alkyl halides is 2. The first kappa shape index (κ1) is 18.6. The largest absolute Gasteiger partial charge is 0.415 e. The highest BCUT2D eigenvalue weighted by Crippen LogP contribution is 2.25. The summed E-state index contributed by atoms with van der Waals surface area (Å²) in [5.74, 6) is -0.256. The van der Waals surface area contributed by atoms with Gasteiger partial charge in [-0.15, -0.1) is 15.3 Å². The monoisotopic (exact) mass is 389 g/mol. The second-order valence-corrected chi connectivity index (χ2v) is 6.86. The van der Waals surface area contributed by atoms with Crippen molar-refractivity contribution >= 4 is 0 Å². The predicted octanol–water partition coefficient (Wildman–Crippen LogP) is 2.91. The minimum Gasteiger partial charge on any atom is -0.415 e. The molecule has 4 rings (SSSR count). The van der Waals surface area contributed by atoms with Crippen molar-refractivity contribution in [1.82, 2.24) is 35.1 Å². The van der Waals surface area contributed by atoms with Crippen LogP contribution >= 0.6 is 0 Å². The fraction of sp³-hybridized carbons (Fsp3) is 0.500. The second-order valence-electron chi connectivity index (χ2n) is 6.86. The average Bonchev–Trinajstić information content (AvgIpc) is 3.39. The van der Waals surface area contributed by atoms with Crippen LogP contribution in [0.5, 0.6) is 0 Å². The lowest BCUT2D eigenvalue weighted by molar-refractivity contribution is 0.116. The van der Waals surface area contributed by atoms with E-state index in [1.54, 1.807) is 16.8 Å². The summed E-state index contributed by atoms with van der Waals surface area (Å²) in [7, 11) is 0. The Labute approximate surface area is 160 Å². The SMILES string of the molecule is CCN1CCCC(c2cn(Cc3ccc(-c4nnc(C(F)F)o4)cn3)nn2)C1. The van der Waals surface area contributed by atoms with Crippen LogP contribution in [-0.4, -0.2) is 54.7 Å². The van der Waals surface area contributed by atoms with Gasteiger partial charge in [-0.1, -0.05) is 12.1 Å². The Balaban J connectivity index is 1.41. The number of hydrogen-bond acceptors (Lipinski definition) is 7. The molecule has 3 aromatic rings. The highest BCUT2D eigenvalue weighted by molar-refractivity contribution is 5.50. The smallest absolute Gasteiger partial charge is 0.314 e. The van der Waals surface area contributed by atoms with E-state index in [-0.39, 0.29) is 5.89 Å². The van der Waals surface area contributed by atoms with Gasteiger partial charge in [0.25, 0.3) is 5.89 Å². The Hall–Kier alpha value is -2.75. The molecule has 0 bridgehead atoms. The molecule has 4 heterocycles. The molecule has 1 atom stereocenters. The van der Waals surface area contributed by atoms with E-state index in [1.807, 2.05) is 6.20 Å². The van der Waals surface area contributed by atoms with Crippen LogP contribution in [0.2, 0.25) is 0 Å². The number of likely N-dealkylation sites (tertiary alicyclic amines) is 1. The van der Waals surface area contributed by atoms with Crippen molar-refractivity contribution in [2.75, 3.05) is 19.6 Å². The van der Waals surface area contributed by atoms with Crippen LogP contribution in [0.15, 0.2) is 28.9 Å². The van der Waals surface area contributed by atoms with Crippen LogP contribution < -0.4 is 0 Å². The quantitative estimate of drug-likeness (QED) is 0.641. The third-order valence-corrected chi connectivity index (χ3v) is 4.95. The lowest BCUT2D eigenvalue weighted by Crippen LogP contribution is -2.34. The molecule has 0 aliphatic carbocycles. The summed E-state index contributed by atoms with van der Waals surface area (Å²) in [6.07, 6.45) is 3.02. The second kappa shape index (κ2) is 8.09. The molecule has 0 radical (unpaired) electrons. The van der Waals surface area contributed by atoms with Crippen molar-refractivity contribution < 1.29 is 13.2 Å². The first-order valence-corrected chi connectivity index (χ1v) is 9.31. The maximum absolute atomic E-state index is 12.6. The van der Waals surface area contributed by atoms with Gasteiger partial charge in [-0.25, -0.2) is 4.68 Å². The van der Waals surface area contributed by atoms with Crippen LogP contribution in [0.3, 0.4) is 0 Å². The van der Waals surface area contributed by atoms with Crippen LogP contribution in [0.25, 0.3) is 11.5 Å². The molecule has 0 spiro atoms. The van der Waals surface area contributed by atoms with Crippen molar-refractivity contribution in [3.05, 3.63) is 41.8 Å². The van der Waals surface area contributed by atoms with Crippen LogP contribution in [0.1, 0.15) is 49.4 Å². The van der Waals surface area contributed by atoms with E-state index in [0.29, 0.717) is 18.0 Å². The summed E-state index contributed by atoms with van der Waals surface area (Å²) in [6.45, 7) is 5.88. The Morgan fingerprint density at radius 3 is 2.86 bits per heavy atom. The van der Waals surface area contributed by atoms with Crippen LogP contribution in [0.4, 0.5) is 8.78 Å². The number of piperidine rings is 1. The normalized spacial score (nSPS) is 18.1. The molecule has 148 valence electrons. The molecule has 1 saturated heterocycles. The Morgan fingerprint density at radius 1 is 1.25 bits per heavy atom. The third-order valence-electron chi connectivity index (χ3n) is 4.95. The number of likely N-dealkylation sites (N-methyl/N-ethyl adjacent to an activating group) is 1. The summed E-state index contributed by atoms with van der Waals surface area (Å²) >= 11 is 0. The van der Waals surface area contributed by atoms with Crippen molar-refractivity contribution in [3.63, 3.8) is 0 Å². The molecule has 1 unspecified atom stereocenters. The summed E-state index contributed by atoms with van der Waals surface area (Å²) < 4.78 is 31.8. The van der Waals surface area contributed by atoms with Crippen molar-refractivity contribution in [1.29, 1.82) is 0 Å². The molecular weight excluding hydrogens is 368 g/mol. The first-order valence-electron chi connectivity index (χ1n) is 9.31. The van der Waals surface area contributed by atoms with Gasteiger partial charge in [-0.2, -0.15) is 8.78 Å². The fourth-order valence-electron chi connectivity index (χ4n) is 3.41. The van der Waals surface area contributed by atoms with Crippen LogP contribution in [-0.2, 0) is 6.54 Å². The van der Waals surface area contributed by atoms with Gasteiger partial charge in [-0.3, -0.25) is 4.98 Å². The minimum absolute atomic E-state index is 0.0233. The topological polar surface area (TPSA) is 85.8 Å². The van der Waals surface area contributed by atoms with E-state index < -0.39 is 12.3 Å². The zero-order valence-corrected chi connectivity index (χ0v) is 15.5. The van der Waals surface area contributed by atoms with Crippen molar-refractivity contribution in [2.45, 2.75) is 38.7 Å². The number of aromatic nitrogens is 6. The molecule has 0 aromatic carbocycles. The minimum atomic E-state index is -2.79. The number of pyridine rings is 1. The van der Waals surface area contributed by atoms with Gasteiger partial charge in [0.2, 0.25) is 5.89 Å². The standard InChI is InChI=1S/C18H21F2N7O/c1-2-26-7-3-4-13(9-26)15-11-27(25-22-15)10-14-6-5-12(8-21-14)17-23-24-18(28-17)16(19)20/h5-6,8,11,13,16H,2-4,7,9-10H2,1H3. The average molecular weight is 389 g/mol. The van der Waals surface area contributed by atoms with E-state index in [1.165, 1.54) is 12.6 Å². The van der Waals surface area contributed by atoms with Gasteiger partial charge in [0.15, 0.2) is 0 Å². The predicted molar refractivity (Wildman–Crippen MR) is 95.7 cm³/mol. The maximum atomic E-state index is 12.6. The maximum Gasteiger partial charge on any atom is 0.314 e. The first-order chi connectivity index (χ1) is 13.6. The molecular formula is C18H21F2N7O. The molecule has 0 saturated carbocycles. The number of rotatable bonds is 6. The van der Waals surface area contributed by atoms with Crippen molar-refractivity contribution in [2.24, 2.45) is 0 Å². The summed E-state index contributed by atoms with van der Waals surface area (Å²) in [5.41, 5.74) is 2.28. The Morgan fingerprint density at radius 2 is 2.14 bits per heavy atom. The summed E-state index contributed by atoms with van der Waals surface area (Å²) in [4.78, 5) is 6.77. The van der Waals surface area contributed by atoms with E-state index in [0.717, 1.165) is 37.4 Å². The molecule has 10 heteroatoms. The van der Waals surface area contributed by atoms with E-state index >= 15 is 0 Å². The molecule has 1 aliphatic heterocycles. The molecule has 0 N–H and O–H groups in total. The summed E-state index contributed by atoms with van der Waals surface area (Å²) in [5, 5.41) is 15.5. The highest BCUT2D eigenvalue weighted by atomic mass is 19.3. The molecule has 1 aliphatic rings. The van der Waals surface area contributed by atoms with Gasteiger partial charge in [0.05, 0.1) is 23.5 Å². The van der Waals surface area contributed by atoms with Gasteiger partial charge >= 0.3 is 6.43 Å². The highest BCUT2D eigenvalue weighted by Gasteiger charge is 2.23. The molecule has 8 nitrogen and oxygen atoms in total. The van der Waals surface area contributed by atoms with E-state index in [9.17, 15) is 8.78 Å². The molecule has 28 heavy (non-hydrogen) atoms. The van der Waals surface area contributed by atoms with Crippen LogP contribution in [0, 0.1) is 0 Å². The lowest BCUT2D eigenvalue weighted by Gasteiger charge is -2.30. The van der Waals surface area contributed by atoms with E-state index in [2.05, 4.69) is 37.3 Å². The third kappa shape index (κ3) is 4.06. The van der Waals surface area contributed by atoms with E-state index in [4.69, 9.17) is 4.42 Å². The molecule has 0 amide bonds. The fourth-order valence-corrected chi connectivity index (χ4v) is 3.41. The number of nitrogens with zero attached hydrogens (tertiary/aromatic N) is 7. The lowest BCUT2D eigenvalue weighted by atomic mass is 9.95. The number of halogens is 2. The molecule has 1 fully saturated rings. The molecule has 3 aromatic heterocycles. The van der Waals surface area contributed by atoms with Gasteiger partial charge in [0, 0.05) is 24.9 Å². The van der Waals surface area contributed by atoms with Gasteiger partial charge < -0.3 is 9.32 Å². The van der Waals surface area contributed by atoms with Gasteiger partial charge in [0.1, 0.15) is 0 Å². The number of hydrogen-bond donors (Lipinski definition) is 0. The van der Waals surface area contributed by atoms with Crippen molar-refractivity contribution in [3.8, 4) is 11.5 Å². The summed E-state index contributed by atoms with van der Waals surface area (Å²) in [6, 6.07) is 3.49.